The molecular weight excluding hydrogens is 438 g/mol. The number of hydrogen-bond donors (Lipinski definition) is 2. The van der Waals surface area contributed by atoms with Crippen molar-refractivity contribution in [3.8, 4) is 0 Å². The largest absolute Gasteiger partial charge is 0.507 e. The molecule has 5 nitrogen and oxygen atoms in total. The molecule has 1 aliphatic heterocycles. The van der Waals surface area contributed by atoms with Gasteiger partial charge < -0.3 is 15.0 Å². The highest BCUT2D eigenvalue weighted by atomic mass is 19.1. The maximum Gasteiger partial charge on any atom is 0.295 e. The van der Waals surface area contributed by atoms with Crippen molar-refractivity contribution < 1.29 is 23.5 Å². The number of amides is 1. The first-order valence-electron chi connectivity index (χ1n) is 10.8. The Morgan fingerprint density at radius 2 is 1.71 bits per heavy atom. The minimum Gasteiger partial charge on any atom is -0.507 e. The Bertz CT molecular complexity index is 1440. The van der Waals surface area contributed by atoms with Gasteiger partial charge in [0.15, 0.2) is 0 Å². The monoisotopic (exact) mass is 458 g/mol. The molecule has 3 aromatic carbocycles. The van der Waals surface area contributed by atoms with Crippen LogP contribution < -0.4 is 0 Å². The summed E-state index contributed by atoms with van der Waals surface area (Å²) in [6.45, 7) is 0.174. The van der Waals surface area contributed by atoms with Crippen LogP contribution in [0, 0.1) is 11.6 Å². The summed E-state index contributed by atoms with van der Waals surface area (Å²) >= 11 is 0. The van der Waals surface area contributed by atoms with Gasteiger partial charge in [0.05, 0.1) is 11.6 Å². The molecule has 1 fully saturated rings. The van der Waals surface area contributed by atoms with Gasteiger partial charge in [0.2, 0.25) is 0 Å². The second-order valence-electron chi connectivity index (χ2n) is 8.16. The summed E-state index contributed by atoms with van der Waals surface area (Å²) in [4.78, 5) is 30.7. The number of nitrogens with one attached hydrogen (secondary N) is 1. The number of para-hydroxylation sites is 1. The zero-order valence-corrected chi connectivity index (χ0v) is 18.0. The fourth-order valence-electron chi connectivity index (χ4n) is 4.48. The first kappa shape index (κ1) is 21.6. The van der Waals surface area contributed by atoms with E-state index in [-0.39, 0.29) is 17.7 Å². The third kappa shape index (κ3) is 3.75. The Kier molecular flexibility index (Phi) is 5.45. The van der Waals surface area contributed by atoms with Crippen LogP contribution in [0.4, 0.5) is 8.78 Å². The zero-order chi connectivity index (χ0) is 23.8. The van der Waals surface area contributed by atoms with E-state index in [4.69, 9.17) is 0 Å². The van der Waals surface area contributed by atoms with E-state index in [0.717, 1.165) is 28.6 Å². The van der Waals surface area contributed by atoms with Crippen molar-refractivity contribution in [3.05, 3.63) is 113 Å². The minimum absolute atomic E-state index is 0.152. The lowest BCUT2D eigenvalue weighted by molar-refractivity contribution is -0.139. The Morgan fingerprint density at radius 3 is 2.47 bits per heavy atom. The van der Waals surface area contributed by atoms with Crippen molar-refractivity contribution in [2.24, 2.45) is 0 Å². The van der Waals surface area contributed by atoms with E-state index >= 15 is 0 Å². The normalized spacial score (nSPS) is 17.6. The highest BCUT2D eigenvalue weighted by Gasteiger charge is 2.46. The van der Waals surface area contributed by atoms with Gasteiger partial charge in [-0.1, -0.05) is 30.3 Å². The van der Waals surface area contributed by atoms with E-state index in [9.17, 15) is 23.5 Å². The van der Waals surface area contributed by atoms with Crippen LogP contribution >= 0.6 is 0 Å². The number of ketones is 1. The maximum absolute atomic E-state index is 14.1. The topological polar surface area (TPSA) is 73.4 Å². The van der Waals surface area contributed by atoms with Crippen molar-refractivity contribution in [2.45, 2.75) is 12.5 Å². The summed E-state index contributed by atoms with van der Waals surface area (Å²) in [5, 5.41) is 12.0. The average Bonchev–Trinajstić information content (AvgIpc) is 3.36. The van der Waals surface area contributed by atoms with Gasteiger partial charge in [0.1, 0.15) is 17.4 Å². The van der Waals surface area contributed by atoms with E-state index in [2.05, 4.69) is 4.98 Å². The average molecular weight is 458 g/mol. The number of Topliss-reactive ketones (excluding diaryl/α,β-unsaturated/α-hetero) is 1. The number of fused-ring (bicyclic) bond motifs is 1. The number of benzene rings is 3. The number of likely N-dealkylation sites (tertiary alicyclic amines) is 1. The van der Waals surface area contributed by atoms with Gasteiger partial charge in [-0.3, -0.25) is 9.59 Å². The molecular formula is C27H20F2N2O3. The predicted octanol–water partition coefficient (Wildman–Crippen LogP) is 5.11. The summed E-state index contributed by atoms with van der Waals surface area (Å²) in [5.74, 6) is -3.10. The first-order chi connectivity index (χ1) is 16.4. The van der Waals surface area contributed by atoms with Crippen LogP contribution in [0.2, 0.25) is 0 Å². The highest BCUT2D eigenvalue weighted by molar-refractivity contribution is 6.46. The molecule has 0 aliphatic carbocycles. The lowest BCUT2D eigenvalue weighted by Gasteiger charge is -2.25. The summed E-state index contributed by atoms with van der Waals surface area (Å²) < 4.78 is 27.5. The fraction of sp³-hybridized carbons (Fsp3) is 0.111. The number of halogens is 2. The highest BCUT2D eigenvalue weighted by Crippen LogP contribution is 2.39. The Labute approximate surface area is 194 Å². The van der Waals surface area contributed by atoms with Gasteiger partial charge in [-0.05, 0) is 60.0 Å². The van der Waals surface area contributed by atoms with Gasteiger partial charge in [-0.2, -0.15) is 0 Å². The standard InChI is InChI=1S/C27H20F2N2O3/c28-19-10-8-16(9-11-19)25(32)23-24(17-4-3-5-20(29)14-17)31(27(34)26(23)33)13-12-18-15-30-22-7-2-1-6-21(18)22/h1-11,14-15,24,30,32H,12-13H2/t24-/m0/s1. The van der Waals surface area contributed by atoms with Gasteiger partial charge in [-0.15, -0.1) is 0 Å². The van der Waals surface area contributed by atoms with Crippen molar-refractivity contribution in [1.29, 1.82) is 0 Å². The van der Waals surface area contributed by atoms with Gasteiger partial charge in [0.25, 0.3) is 11.7 Å². The van der Waals surface area contributed by atoms with E-state index in [1.54, 1.807) is 6.07 Å². The molecule has 1 saturated heterocycles. The number of carbonyl (C=O) groups excluding carboxylic acids is 2. The van der Waals surface area contributed by atoms with Gasteiger partial charge in [0, 0.05) is 29.2 Å². The summed E-state index contributed by atoms with van der Waals surface area (Å²) in [6, 6.07) is 17.3. The number of aromatic nitrogens is 1. The number of nitrogens with zero attached hydrogens (tertiary/aromatic N) is 1. The van der Waals surface area contributed by atoms with Crippen LogP contribution in [0.25, 0.3) is 16.7 Å². The smallest absolute Gasteiger partial charge is 0.295 e. The van der Waals surface area contributed by atoms with Crippen LogP contribution in [-0.4, -0.2) is 33.2 Å². The minimum atomic E-state index is -0.981. The Hall–Kier alpha value is -4.26. The lowest BCUT2D eigenvalue weighted by Crippen LogP contribution is -2.31. The molecule has 0 spiro atoms. The molecule has 0 radical (unpaired) electrons. The predicted molar refractivity (Wildman–Crippen MR) is 124 cm³/mol. The van der Waals surface area contributed by atoms with Crippen LogP contribution in [0.1, 0.15) is 22.7 Å². The lowest BCUT2D eigenvalue weighted by atomic mass is 9.95. The number of aliphatic hydroxyl groups is 1. The number of carbonyl (C=O) groups is 2. The van der Waals surface area contributed by atoms with Gasteiger partial charge in [-0.25, -0.2) is 8.78 Å². The molecule has 1 atom stereocenters. The number of H-pyrrole nitrogens is 1. The van der Waals surface area contributed by atoms with Crippen molar-refractivity contribution in [3.63, 3.8) is 0 Å². The second-order valence-corrected chi connectivity index (χ2v) is 8.16. The maximum atomic E-state index is 14.1. The van der Waals surface area contributed by atoms with Crippen LogP contribution in [0.5, 0.6) is 0 Å². The molecule has 7 heteroatoms. The number of rotatable bonds is 5. The molecule has 2 heterocycles. The van der Waals surface area contributed by atoms with Crippen LogP contribution in [0.15, 0.2) is 84.6 Å². The Balaban J connectivity index is 1.57. The fourth-order valence-corrected chi connectivity index (χ4v) is 4.48. The molecule has 0 unspecified atom stereocenters. The molecule has 1 amide bonds. The molecule has 34 heavy (non-hydrogen) atoms. The van der Waals surface area contributed by atoms with Crippen LogP contribution in [0.3, 0.4) is 0 Å². The quantitative estimate of drug-likeness (QED) is 0.248. The number of aromatic amines is 1. The van der Waals surface area contributed by atoms with Crippen molar-refractivity contribution in [1.82, 2.24) is 9.88 Å². The zero-order valence-electron chi connectivity index (χ0n) is 18.0. The van der Waals surface area contributed by atoms with Crippen molar-refractivity contribution in [2.75, 3.05) is 6.54 Å². The molecule has 1 aliphatic rings. The molecule has 0 bridgehead atoms. The number of aliphatic hydroxyl groups excluding tert-OH is 1. The Morgan fingerprint density at radius 1 is 0.941 bits per heavy atom. The molecule has 0 saturated carbocycles. The molecule has 5 rings (SSSR count). The number of hydrogen-bond acceptors (Lipinski definition) is 3. The third-order valence-corrected chi connectivity index (χ3v) is 6.12. The van der Waals surface area contributed by atoms with E-state index in [1.165, 1.54) is 35.2 Å². The molecule has 1 aromatic heterocycles. The third-order valence-electron chi connectivity index (χ3n) is 6.12. The summed E-state index contributed by atoms with van der Waals surface area (Å²) in [7, 11) is 0. The second kappa shape index (κ2) is 8.59. The summed E-state index contributed by atoms with van der Waals surface area (Å²) in [5.41, 5.74) is 2.33. The van der Waals surface area contributed by atoms with Gasteiger partial charge >= 0.3 is 0 Å². The molecule has 4 aromatic rings. The van der Waals surface area contributed by atoms with E-state index in [0.29, 0.717) is 12.0 Å². The SMILES string of the molecule is O=C1C(=O)N(CCc2c[nH]c3ccccc23)[C@@H](c2cccc(F)c2)C1=C(O)c1ccc(F)cc1. The summed E-state index contributed by atoms with van der Waals surface area (Å²) in [6.07, 6.45) is 2.30. The molecule has 170 valence electrons. The first-order valence-corrected chi connectivity index (χ1v) is 10.8. The van der Waals surface area contributed by atoms with E-state index in [1.807, 2.05) is 30.5 Å². The van der Waals surface area contributed by atoms with E-state index < -0.39 is 35.1 Å². The molecule has 2 N–H and O–H groups in total. The van der Waals surface area contributed by atoms with Crippen molar-refractivity contribution >= 4 is 28.4 Å². The van der Waals surface area contributed by atoms with Crippen LogP contribution in [-0.2, 0) is 16.0 Å².